The number of benzene rings is 1. The fourth-order valence-electron chi connectivity index (χ4n) is 2.27. The molecule has 0 aliphatic carbocycles. The number of carboxylic acid groups (broad SMARTS) is 1. The maximum Gasteiger partial charge on any atom is 0.306 e. The number of rotatable bonds is 2. The van der Waals surface area contributed by atoms with E-state index in [1.807, 2.05) is 0 Å². The number of aliphatic carboxylic acids is 1. The van der Waals surface area contributed by atoms with Gasteiger partial charge in [-0.2, -0.15) is 0 Å². The molecule has 0 fully saturated rings. The number of aliphatic hydroxyl groups is 1. The van der Waals surface area contributed by atoms with Crippen molar-refractivity contribution >= 4 is 33.5 Å². The van der Waals surface area contributed by atoms with E-state index in [4.69, 9.17) is 21.4 Å². The second-order valence-corrected chi connectivity index (χ2v) is 5.82. The summed E-state index contributed by atoms with van der Waals surface area (Å²) in [6, 6.07) is 3.30. The summed E-state index contributed by atoms with van der Waals surface area (Å²) in [5.41, 5.74) is -1.03. The van der Waals surface area contributed by atoms with Crippen LogP contribution in [0.1, 0.15) is 25.3 Å². The number of hydrogen-bond donors (Lipinski definition) is 2. The lowest BCUT2D eigenvalue weighted by Crippen LogP contribution is -2.39. The third-order valence-corrected chi connectivity index (χ3v) is 3.64. The van der Waals surface area contributed by atoms with E-state index in [9.17, 15) is 9.90 Å². The Kier molecular flexibility index (Phi) is 3.58. The molecule has 0 radical (unpaired) electrons. The highest BCUT2D eigenvalue weighted by atomic mass is 79.9. The van der Waals surface area contributed by atoms with Gasteiger partial charge >= 0.3 is 5.97 Å². The van der Waals surface area contributed by atoms with Gasteiger partial charge in [0, 0.05) is 16.5 Å². The molecule has 1 heterocycles. The number of carbonyl (C=O) groups is 1. The minimum absolute atomic E-state index is 0.221. The zero-order valence-corrected chi connectivity index (χ0v) is 12.0. The van der Waals surface area contributed by atoms with Crippen LogP contribution in [-0.2, 0) is 10.4 Å². The van der Waals surface area contributed by atoms with Crippen LogP contribution in [0.15, 0.2) is 16.6 Å². The summed E-state index contributed by atoms with van der Waals surface area (Å²) >= 11 is 9.34. The highest BCUT2D eigenvalue weighted by Crippen LogP contribution is 2.46. The van der Waals surface area contributed by atoms with Gasteiger partial charge < -0.3 is 14.9 Å². The number of carboxylic acids is 1. The van der Waals surface area contributed by atoms with Gasteiger partial charge in [0.05, 0.1) is 17.5 Å². The van der Waals surface area contributed by atoms with Gasteiger partial charge in [0.15, 0.2) is 0 Å². The molecule has 2 atom stereocenters. The molecule has 18 heavy (non-hydrogen) atoms. The van der Waals surface area contributed by atoms with Crippen LogP contribution in [0.5, 0.6) is 5.75 Å². The maximum absolute atomic E-state index is 10.9. The fraction of sp³-hybridized carbons (Fsp3) is 0.417. The highest BCUT2D eigenvalue weighted by molar-refractivity contribution is 9.10. The summed E-state index contributed by atoms with van der Waals surface area (Å²) in [4.78, 5) is 10.9. The zero-order chi connectivity index (χ0) is 13.5. The predicted octanol–water partition coefficient (Wildman–Crippen LogP) is 2.94. The van der Waals surface area contributed by atoms with Crippen molar-refractivity contribution in [1.82, 2.24) is 0 Å². The lowest BCUT2D eigenvalue weighted by molar-refractivity contribution is -0.145. The topological polar surface area (TPSA) is 66.8 Å². The van der Waals surface area contributed by atoms with Crippen LogP contribution in [0.2, 0.25) is 5.02 Å². The Labute approximate surface area is 118 Å². The average Bonchev–Trinajstić information content (AvgIpc) is 2.18. The molecule has 0 aromatic heterocycles. The van der Waals surface area contributed by atoms with Crippen molar-refractivity contribution in [3.05, 3.63) is 27.2 Å². The molecule has 6 heteroatoms. The lowest BCUT2D eigenvalue weighted by atomic mass is 9.83. The molecule has 1 aromatic rings. The van der Waals surface area contributed by atoms with E-state index in [-0.39, 0.29) is 18.9 Å². The van der Waals surface area contributed by atoms with E-state index in [0.717, 1.165) is 0 Å². The van der Waals surface area contributed by atoms with Crippen LogP contribution in [0.25, 0.3) is 0 Å². The molecule has 1 aliphatic heterocycles. The van der Waals surface area contributed by atoms with E-state index in [1.165, 1.54) is 0 Å². The SMILES string of the molecule is C[C@@H]1C[C@@](O)(CC(=O)O)c2cc(Br)cc(Cl)c2O1. The van der Waals surface area contributed by atoms with Gasteiger partial charge in [-0.3, -0.25) is 4.79 Å². The summed E-state index contributed by atoms with van der Waals surface area (Å²) in [6.07, 6.45) is -0.444. The van der Waals surface area contributed by atoms with Crippen molar-refractivity contribution in [1.29, 1.82) is 0 Å². The standard InChI is InChI=1S/C12H12BrClO4/c1-6-4-12(17,5-10(15)16)8-2-7(13)3-9(14)11(8)18-6/h2-3,6,17H,4-5H2,1H3,(H,15,16)/t6-,12-/m1/s1. The van der Waals surface area contributed by atoms with Gasteiger partial charge in [-0.1, -0.05) is 27.5 Å². The molecule has 4 nitrogen and oxygen atoms in total. The summed E-state index contributed by atoms with van der Waals surface area (Å²) in [7, 11) is 0. The number of halogens is 2. The first-order valence-corrected chi connectivity index (χ1v) is 6.59. The normalized spacial score (nSPS) is 26.3. The molecule has 1 aromatic carbocycles. The van der Waals surface area contributed by atoms with Crippen LogP contribution < -0.4 is 4.74 Å². The second kappa shape index (κ2) is 4.72. The van der Waals surface area contributed by atoms with E-state index >= 15 is 0 Å². The van der Waals surface area contributed by atoms with Gasteiger partial charge in [0.1, 0.15) is 11.4 Å². The monoisotopic (exact) mass is 334 g/mol. The molecule has 0 saturated heterocycles. The van der Waals surface area contributed by atoms with Crippen LogP contribution in [0.3, 0.4) is 0 Å². The summed E-state index contributed by atoms with van der Waals surface area (Å²) in [5, 5.41) is 19.9. The molecule has 0 amide bonds. The summed E-state index contributed by atoms with van der Waals surface area (Å²) in [5.74, 6) is -0.698. The number of ether oxygens (including phenoxy) is 1. The van der Waals surface area contributed by atoms with E-state index < -0.39 is 11.6 Å². The fourth-order valence-corrected chi connectivity index (χ4v) is 3.13. The van der Waals surface area contributed by atoms with Gasteiger partial charge in [-0.25, -0.2) is 0 Å². The molecule has 0 bridgehead atoms. The van der Waals surface area contributed by atoms with Crippen molar-refractivity contribution in [2.24, 2.45) is 0 Å². The smallest absolute Gasteiger partial charge is 0.306 e. The van der Waals surface area contributed by atoms with Gasteiger partial charge in [-0.05, 0) is 19.1 Å². The largest absolute Gasteiger partial charge is 0.489 e. The molecule has 0 saturated carbocycles. The summed E-state index contributed by atoms with van der Waals surface area (Å²) in [6.45, 7) is 1.77. The lowest BCUT2D eigenvalue weighted by Gasteiger charge is -2.37. The predicted molar refractivity (Wildman–Crippen MR) is 70.0 cm³/mol. The van der Waals surface area contributed by atoms with Crippen LogP contribution in [-0.4, -0.2) is 22.3 Å². The van der Waals surface area contributed by atoms with Crippen LogP contribution in [0, 0.1) is 0 Å². The van der Waals surface area contributed by atoms with Gasteiger partial charge in [0.2, 0.25) is 0 Å². The third-order valence-electron chi connectivity index (χ3n) is 2.90. The van der Waals surface area contributed by atoms with E-state index in [0.29, 0.717) is 20.8 Å². The molecular formula is C12H12BrClO4. The van der Waals surface area contributed by atoms with Gasteiger partial charge in [-0.15, -0.1) is 0 Å². The molecule has 98 valence electrons. The Morgan fingerprint density at radius 2 is 2.33 bits per heavy atom. The Morgan fingerprint density at radius 1 is 1.67 bits per heavy atom. The molecule has 2 rings (SSSR count). The molecule has 0 unspecified atom stereocenters. The van der Waals surface area contributed by atoms with Crippen molar-refractivity contribution in [3.63, 3.8) is 0 Å². The minimum Gasteiger partial charge on any atom is -0.489 e. The van der Waals surface area contributed by atoms with Crippen molar-refractivity contribution < 1.29 is 19.7 Å². The van der Waals surface area contributed by atoms with Crippen molar-refractivity contribution in [3.8, 4) is 5.75 Å². The minimum atomic E-state index is -1.45. The number of hydrogen-bond acceptors (Lipinski definition) is 3. The first kappa shape index (κ1) is 13.6. The molecule has 0 spiro atoms. The maximum atomic E-state index is 10.9. The zero-order valence-electron chi connectivity index (χ0n) is 9.61. The Balaban J connectivity index is 2.57. The molecule has 1 aliphatic rings. The summed E-state index contributed by atoms with van der Waals surface area (Å²) < 4.78 is 6.26. The third kappa shape index (κ3) is 2.48. The first-order chi connectivity index (χ1) is 8.32. The second-order valence-electron chi connectivity index (χ2n) is 4.50. The Bertz CT molecular complexity index is 505. The average molecular weight is 336 g/mol. The van der Waals surface area contributed by atoms with Crippen molar-refractivity contribution in [2.45, 2.75) is 31.5 Å². The van der Waals surface area contributed by atoms with Crippen molar-refractivity contribution in [2.75, 3.05) is 0 Å². The van der Waals surface area contributed by atoms with E-state index in [1.54, 1.807) is 19.1 Å². The first-order valence-electron chi connectivity index (χ1n) is 5.42. The Hall–Kier alpha value is -0.780. The number of fused-ring (bicyclic) bond motifs is 1. The highest BCUT2D eigenvalue weighted by Gasteiger charge is 2.41. The quantitative estimate of drug-likeness (QED) is 0.872. The van der Waals surface area contributed by atoms with E-state index in [2.05, 4.69) is 15.9 Å². The van der Waals surface area contributed by atoms with Crippen LogP contribution in [0.4, 0.5) is 0 Å². The van der Waals surface area contributed by atoms with Gasteiger partial charge in [0.25, 0.3) is 0 Å². The van der Waals surface area contributed by atoms with Crippen LogP contribution >= 0.6 is 27.5 Å². The Morgan fingerprint density at radius 3 is 2.94 bits per heavy atom. The molecular weight excluding hydrogens is 323 g/mol. The molecule has 2 N–H and O–H groups in total.